The molecule has 0 spiro atoms. The molecule has 2 rings (SSSR count). The van der Waals surface area contributed by atoms with Crippen LogP contribution in [0.15, 0.2) is 21.8 Å². The minimum atomic E-state index is 0.713. The van der Waals surface area contributed by atoms with Gasteiger partial charge in [0.25, 0.3) is 0 Å². The smallest absolute Gasteiger partial charge is 0.193 e. The number of aromatic nitrogens is 1. The number of terminal acetylenes is 1. The van der Waals surface area contributed by atoms with Crippen LogP contribution in [0.25, 0.3) is 0 Å². The number of nitrogens with one attached hydrogen (secondary N) is 1. The van der Waals surface area contributed by atoms with Gasteiger partial charge in [-0.05, 0) is 0 Å². The molecule has 0 saturated carbocycles. The molecule has 0 amide bonds. The lowest BCUT2D eigenvalue weighted by Gasteiger charge is -2.36. The fraction of sp³-hybridized carbons (Fsp3) is 0.571. The monoisotopic (exact) mass is 275 g/mol. The highest BCUT2D eigenvalue weighted by Gasteiger charge is 2.19. The van der Waals surface area contributed by atoms with E-state index in [0.29, 0.717) is 6.42 Å². The van der Waals surface area contributed by atoms with Crippen molar-refractivity contribution < 1.29 is 4.52 Å². The average Bonchev–Trinajstić information content (AvgIpc) is 2.98. The number of rotatable bonds is 4. The minimum absolute atomic E-state index is 0.713. The summed E-state index contributed by atoms with van der Waals surface area (Å²) in [6.07, 6.45) is 7.58. The van der Waals surface area contributed by atoms with Crippen LogP contribution >= 0.6 is 0 Å². The predicted molar refractivity (Wildman–Crippen MR) is 78.2 cm³/mol. The molecule has 1 aromatic heterocycles. The van der Waals surface area contributed by atoms with Gasteiger partial charge >= 0.3 is 0 Å². The Labute approximate surface area is 119 Å². The van der Waals surface area contributed by atoms with Crippen molar-refractivity contribution in [1.29, 1.82) is 0 Å². The van der Waals surface area contributed by atoms with E-state index >= 15 is 0 Å². The van der Waals surface area contributed by atoms with Crippen molar-refractivity contribution in [3.05, 3.63) is 18.0 Å². The van der Waals surface area contributed by atoms with E-state index in [0.717, 1.165) is 50.9 Å². The fourth-order valence-corrected chi connectivity index (χ4v) is 2.24. The summed E-state index contributed by atoms with van der Waals surface area (Å²) in [5.41, 5.74) is 0.981. The molecule has 108 valence electrons. The van der Waals surface area contributed by atoms with Gasteiger partial charge in [-0.2, -0.15) is 0 Å². The molecule has 1 fully saturated rings. The Bertz CT molecular complexity index is 454. The van der Waals surface area contributed by atoms with Crippen LogP contribution in [0, 0.1) is 12.3 Å². The lowest BCUT2D eigenvalue weighted by molar-refractivity contribution is 0.169. The van der Waals surface area contributed by atoms with Crippen molar-refractivity contribution in [2.24, 2.45) is 4.99 Å². The molecule has 0 bridgehead atoms. The van der Waals surface area contributed by atoms with E-state index in [2.05, 4.69) is 31.2 Å². The van der Waals surface area contributed by atoms with Gasteiger partial charge < -0.3 is 14.7 Å². The lowest BCUT2D eigenvalue weighted by Crippen LogP contribution is -2.52. The molecule has 0 unspecified atom stereocenters. The van der Waals surface area contributed by atoms with Crippen LogP contribution in [0.3, 0.4) is 0 Å². The van der Waals surface area contributed by atoms with Gasteiger partial charge in [0.1, 0.15) is 6.26 Å². The Morgan fingerprint density at radius 3 is 2.90 bits per heavy atom. The highest BCUT2D eigenvalue weighted by molar-refractivity contribution is 5.80. The summed E-state index contributed by atoms with van der Waals surface area (Å²) >= 11 is 0. The maximum Gasteiger partial charge on any atom is 0.193 e. The zero-order valence-electron chi connectivity index (χ0n) is 11.9. The van der Waals surface area contributed by atoms with E-state index < -0.39 is 0 Å². The molecule has 20 heavy (non-hydrogen) atoms. The third kappa shape index (κ3) is 4.00. The highest BCUT2D eigenvalue weighted by Crippen LogP contribution is 2.07. The molecule has 1 aromatic rings. The second kappa shape index (κ2) is 7.56. The Hall–Kier alpha value is -2.00. The van der Waals surface area contributed by atoms with Gasteiger partial charge in [-0.3, -0.25) is 9.89 Å². The van der Waals surface area contributed by atoms with Crippen LogP contribution in [-0.2, 0) is 6.54 Å². The van der Waals surface area contributed by atoms with Gasteiger partial charge in [-0.1, -0.05) is 5.16 Å². The van der Waals surface area contributed by atoms with Crippen LogP contribution in [0.2, 0.25) is 0 Å². The standard InChI is InChI=1S/C14H21N5O/c1-3-4-6-16-14(15-2)19-9-7-18(8-10-19)12-13-5-11-20-17-13/h1,5,11H,4,6-10,12H2,2H3,(H,15,16). The second-order valence-electron chi connectivity index (χ2n) is 4.68. The average molecular weight is 275 g/mol. The third-order valence-corrected chi connectivity index (χ3v) is 3.31. The summed E-state index contributed by atoms with van der Waals surface area (Å²) in [6.45, 7) is 5.49. The molecule has 0 aliphatic carbocycles. The zero-order chi connectivity index (χ0) is 14.2. The Morgan fingerprint density at radius 1 is 1.50 bits per heavy atom. The summed E-state index contributed by atoms with van der Waals surface area (Å²) in [4.78, 5) is 8.93. The number of guanidine groups is 1. The van der Waals surface area contributed by atoms with Crippen molar-refractivity contribution in [2.45, 2.75) is 13.0 Å². The van der Waals surface area contributed by atoms with Gasteiger partial charge in [0.05, 0.1) is 5.69 Å². The first-order valence-electron chi connectivity index (χ1n) is 6.84. The van der Waals surface area contributed by atoms with Gasteiger partial charge in [0.15, 0.2) is 5.96 Å². The van der Waals surface area contributed by atoms with Crippen LogP contribution in [0.4, 0.5) is 0 Å². The quantitative estimate of drug-likeness (QED) is 0.373. The maximum absolute atomic E-state index is 5.25. The number of piperazine rings is 1. The topological polar surface area (TPSA) is 56.9 Å². The largest absolute Gasteiger partial charge is 0.364 e. The predicted octanol–water partition coefficient (Wildman–Crippen LogP) is 0.391. The SMILES string of the molecule is C#CCCNC(=NC)N1CCN(Cc2ccon2)CC1. The van der Waals surface area contributed by atoms with Gasteiger partial charge in [0, 0.05) is 58.8 Å². The Kier molecular flexibility index (Phi) is 5.44. The van der Waals surface area contributed by atoms with Crippen molar-refractivity contribution in [3.8, 4) is 12.3 Å². The van der Waals surface area contributed by atoms with Crippen LogP contribution < -0.4 is 5.32 Å². The fourth-order valence-electron chi connectivity index (χ4n) is 2.24. The van der Waals surface area contributed by atoms with Gasteiger partial charge in [0.2, 0.25) is 0 Å². The van der Waals surface area contributed by atoms with Crippen LogP contribution in [0.5, 0.6) is 0 Å². The molecular weight excluding hydrogens is 254 g/mol. The van der Waals surface area contributed by atoms with E-state index in [9.17, 15) is 0 Å². The summed E-state index contributed by atoms with van der Waals surface area (Å²) in [6, 6.07) is 1.91. The summed E-state index contributed by atoms with van der Waals surface area (Å²) in [5, 5.41) is 7.23. The molecule has 2 heterocycles. The van der Waals surface area contributed by atoms with E-state index in [1.54, 1.807) is 13.3 Å². The van der Waals surface area contributed by atoms with Crippen molar-refractivity contribution in [1.82, 2.24) is 20.3 Å². The maximum atomic E-state index is 5.25. The summed E-state index contributed by atoms with van der Waals surface area (Å²) < 4.78 is 4.86. The normalized spacial score (nSPS) is 17.0. The first-order chi connectivity index (χ1) is 9.83. The van der Waals surface area contributed by atoms with Crippen molar-refractivity contribution in [2.75, 3.05) is 39.8 Å². The van der Waals surface area contributed by atoms with E-state index in [4.69, 9.17) is 10.9 Å². The zero-order valence-corrected chi connectivity index (χ0v) is 11.9. The van der Waals surface area contributed by atoms with Gasteiger partial charge in [-0.25, -0.2) is 0 Å². The molecular formula is C14H21N5O. The first-order valence-corrected chi connectivity index (χ1v) is 6.84. The minimum Gasteiger partial charge on any atom is -0.364 e. The number of aliphatic imine (C=N–C) groups is 1. The Balaban J connectivity index is 1.76. The van der Waals surface area contributed by atoms with Crippen LogP contribution in [0.1, 0.15) is 12.1 Å². The molecule has 1 aliphatic heterocycles. The first kappa shape index (κ1) is 14.4. The molecule has 6 heteroatoms. The molecule has 0 atom stereocenters. The molecule has 6 nitrogen and oxygen atoms in total. The lowest BCUT2D eigenvalue weighted by atomic mass is 10.3. The molecule has 1 saturated heterocycles. The number of hydrogen-bond donors (Lipinski definition) is 1. The molecule has 1 aliphatic rings. The number of hydrogen-bond acceptors (Lipinski definition) is 4. The summed E-state index contributed by atoms with van der Waals surface area (Å²) in [5.74, 6) is 3.55. The highest BCUT2D eigenvalue weighted by atomic mass is 16.5. The number of nitrogens with zero attached hydrogens (tertiary/aromatic N) is 4. The molecule has 0 radical (unpaired) electrons. The van der Waals surface area contributed by atoms with Crippen molar-refractivity contribution in [3.63, 3.8) is 0 Å². The Morgan fingerprint density at radius 2 is 2.30 bits per heavy atom. The molecule has 0 aromatic carbocycles. The van der Waals surface area contributed by atoms with Crippen molar-refractivity contribution >= 4 is 5.96 Å². The summed E-state index contributed by atoms with van der Waals surface area (Å²) in [7, 11) is 1.81. The second-order valence-corrected chi connectivity index (χ2v) is 4.68. The van der Waals surface area contributed by atoms with E-state index in [1.807, 2.05) is 6.07 Å². The molecule has 1 N–H and O–H groups in total. The van der Waals surface area contributed by atoms with Crippen LogP contribution in [-0.4, -0.2) is 60.7 Å². The van der Waals surface area contributed by atoms with Gasteiger partial charge in [-0.15, -0.1) is 12.3 Å². The van der Waals surface area contributed by atoms with E-state index in [1.165, 1.54) is 0 Å². The third-order valence-electron chi connectivity index (χ3n) is 3.31. The van der Waals surface area contributed by atoms with E-state index in [-0.39, 0.29) is 0 Å².